The molecule has 0 radical (unpaired) electrons. The van der Waals surface area contributed by atoms with E-state index in [0.29, 0.717) is 11.4 Å². The lowest BCUT2D eigenvalue weighted by molar-refractivity contribution is -0.143. The fourth-order valence-electron chi connectivity index (χ4n) is 2.21. The van der Waals surface area contributed by atoms with Gasteiger partial charge in [0.05, 0.1) is 19.8 Å². The van der Waals surface area contributed by atoms with Gasteiger partial charge in [-0.1, -0.05) is 18.2 Å². The number of hydrogen-bond donors (Lipinski definition) is 3. The summed E-state index contributed by atoms with van der Waals surface area (Å²) in [6, 6.07) is 11.9. The summed E-state index contributed by atoms with van der Waals surface area (Å²) < 4.78 is 9.06. The minimum atomic E-state index is -1.03. The molecule has 0 saturated heterocycles. The Morgan fingerprint density at radius 3 is 2.07 bits per heavy atom. The number of nitrogens with two attached hydrogens (primary N) is 1. The highest BCUT2D eigenvalue weighted by atomic mass is 35.5. The smallest absolute Gasteiger partial charge is 0.345 e. The number of aromatic carboxylic acids is 1. The van der Waals surface area contributed by atoms with Crippen LogP contribution < -0.4 is 11.1 Å². The van der Waals surface area contributed by atoms with Gasteiger partial charge in [-0.05, 0) is 41.5 Å². The zero-order valence-corrected chi connectivity index (χ0v) is 17.5. The summed E-state index contributed by atoms with van der Waals surface area (Å²) in [7, 11) is 4.23. The fourth-order valence-corrected chi connectivity index (χ4v) is 2.37. The summed E-state index contributed by atoms with van der Waals surface area (Å²) in [4.78, 5) is 33.4. The highest BCUT2D eigenvalue weighted by Gasteiger charge is 2.19. The van der Waals surface area contributed by atoms with Gasteiger partial charge in [0.1, 0.15) is 5.57 Å². The molecule has 0 bridgehead atoms. The van der Waals surface area contributed by atoms with E-state index in [1.54, 1.807) is 31.3 Å². The summed E-state index contributed by atoms with van der Waals surface area (Å²) in [6.45, 7) is 0. The number of carbonyl (C=O) groups excluding carboxylic acids is 2. The summed E-state index contributed by atoms with van der Waals surface area (Å²) in [5, 5.41) is 11.6. The van der Waals surface area contributed by atoms with Crippen molar-refractivity contribution in [3.63, 3.8) is 0 Å². The van der Waals surface area contributed by atoms with E-state index in [9.17, 15) is 14.4 Å². The second kappa shape index (κ2) is 12.1. The van der Waals surface area contributed by atoms with Crippen molar-refractivity contribution in [1.29, 1.82) is 0 Å². The molecule has 2 aromatic rings. The lowest BCUT2D eigenvalue weighted by Gasteiger charge is -2.04. The first-order valence-electron chi connectivity index (χ1n) is 8.61. The number of halogens is 1. The number of nitrogens with one attached hydrogen (secondary N) is 1. The molecule has 4 N–H and O–H groups in total. The summed E-state index contributed by atoms with van der Waals surface area (Å²) in [5.41, 5.74) is 8.04. The number of alkyl halides is 1. The second-order valence-corrected chi connectivity index (χ2v) is 6.04. The highest BCUT2D eigenvalue weighted by molar-refractivity contribution is 6.17. The molecule has 0 aliphatic heterocycles. The van der Waals surface area contributed by atoms with Crippen LogP contribution in [0.4, 0.5) is 11.4 Å². The van der Waals surface area contributed by atoms with Crippen molar-refractivity contribution >= 4 is 47.0 Å². The second-order valence-electron chi connectivity index (χ2n) is 5.77. The van der Waals surface area contributed by atoms with Gasteiger partial charge in [-0.3, -0.25) is 0 Å². The maximum atomic E-state index is 11.4. The molecule has 2 rings (SSSR count). The Kier molecular flexibility index (Phi) is 9.91. The lowest BCUT2D eigenvalue weighted by Crippen LogP contribution is -2.15. The normalized spacial score (nSPS) is 9.47. The van der Waals surface area contributed by atoms with Gasteiger partial charge in [0.15, 0.2) is 0 Å². The molecule has 30 heavy (non-hydrogen) atoms. The molecule has 0 heterocycles. The largest absolute Gasteiger partial charge is 0.478 e. The molecule has 2 aromatic carbocycles. The van der Waals surface area contributed by atoms with Crippen molar-refractivity contribution in [2.45, 2.75) is 5.88 Å². The third-order valence-corrected chi connectivity index (χ3v) is 4.13. The predicted octanol–water partition coefficient (Wildman–Crippen LogP) is 3.16. The van der Waals surface area contributed by atoms with Gasteiger partial charge in [0.25, 0.3) is 0 Å². The monoisotopic (exact) mass is 434 g/mol. The van der Waals surface area contributed by atoms with Crippen LogP contribution in [-0.2, 0) is 24.9 Å². The number of esters is 2. The molecular formula is C21H23ClN2O6. The van der Waals surface area contributed by atoms with Crippen molar-refractivity contribution in [3.05, 3.63) is 64.7 Å². The number of anilines is 2. The summed E-state index contributed by atoms with van der Waals surface area (Å²) in [6.07, 6.45) is 1.43. The van der Waals surface area contributed by atoms with Gasteiger partial charge in [-0.25, -0.2) is 14.4 Å². The van der Waals surface area contributed by atoms with Crippen molar-refractivity contribution in [3.8, 4) is 0 Å². The zero-order valence-electron chi connectivity index (χ0n) is 16.8. The molecule has 0 aliphatic rings. The highest BCUT2D eigenvalue weighted by Crippen LogP contribution is 2.15. The Labute approximate surface area is 179 Å². The summed E-state index contributed by atoms with van der Waals surface area (Å²) >= 11 is 5.52. The average Bonchev–Trinajstić information content (AvgIpc) is 2.77. The van der Waals surface area contributed by atoms with E-state index in [1.807, 2.05) is 12.1 Å². The first-order chi connectivity index (χ1) is 14.3. The molecule has 0 amide bonds. The molecule has 8 nitrogen and oxygen atoms in total. The summed E-state index contributed by atoms with van der Waals surface area (Å²) in [5.74, 6) is -2.18. The van der Waals surface area contributed by atoms with E-state index >= 15 is 0 Å². The van der Waals surface area contributed by atoms with Crippen molar-refractivity contribution in [2.75, 3.05) is 32.3 Å². The molecule has 0 saturated carbocycles. The van der Waals surface area contributed by atoms with Crippen LogP contribution in [0.3, 0.4) is 0 Å². The SMILES string of the molecule is CNc1ccc(C=C(C(=O)OC)C(=O)OC)cc1.Nc1ccc(CCl)cc1C(=O)O. The number of carbonyl (C=O) groups is 3. The van der Waals surface area contributed by atoms with Gasteiger partial charge in [0.2, 0.25) is 0 Å². The molecule has 9 heteroatoms. The quantitative estimate of drug-likeness (QED) is 0.158. The Hall–Kier alpha value is -3.52. The topological polar surface area (TPSA) is 128 Å². The number of hydrogen-bond acceptors (Lipinski definition) is 7. The number of carboxylic acid groups (broad SMARTS) is 1. The van der Waals surface area contributed by atoms with Crippen LogP contribution >= 0.6 is 11.6 Å². The standard InChI is InChI=1S/C13H15NO4.C8H8ClNO2/c1-14-10-6-4-9(5-7-10)8-11(12(15)17-2)13(16)18-3;9-4-5-1-2-7(10)6(3-5)8(11)12/h4-8,14H,1-3H3;1-3H,4,10H2,(H,11,12). The molecule has 0 unspecified atom stereocenters. The predicted molar refractivity (Wildman–Crippen MR) is 115 cm³/mol. The number of methoxy groups -OCH3 is 2. The van der Waals surface area contributed by atoms with E-state index < -0.39 is 17.9 Å². The number of benzene rings is 2. The maximum absolute atomic E-state index is 11.4. The molecule has 0 aliphatic carbocycles. The van der Waals surface area contributed by atoms with Crippen LogP contribution in [0.1, 0.15) is 21.5 Å². The van der Waals surface area contributed by atoms with Crippen LogP contribution in [0.2, 0.25) is 0 Å². The number of ether oxygens (including phenoxy) is 2. The van der Waals surface area contributed by atoms with Crippen LogP contribution in [0.25, 0.3) is 6.08 Å². The molecule has 0 spiro atoms. The van der Waals surface area contributed by atoms with E-state index in [4.69, 9.17) is 22.4 Å². The van der Waals surface area contributed by atoms with Crippen LogP contribution in [0, 0.1) is 0 Å². The molecule has 160 valence electrons. The van der Waals surface area contributed by atoms with E-state index in [0.717, 1.165) is 11.3 Å². The number of rotatable bonds is 6. The van der Waals surface area contributed by atoms with Gasteiger partial charge >= 0.3 is 17.9 Å². The Morgan fingerprint density at radius 2 is 1.63 bits per heavy atom. The maximum Gasteiger partial charge on any atom is 0.345 e. The molecule has 0 atom stereocenters. The zero-order chi connectivity index (χ0) is 22.7. The first-order valence-corrected chi connectivity index (χ1v) is 9.14. The van der Waals surface area contributed by atoms with Gasteiger partial charge in [-0.2, -0.15) is 0 Å². The number of carboxylic acids is 1. The third-order valence-electron chi connectivity index (χ3n) is 3.82. The van der Waals surface area contributed by atoms with Gasteiger partial charge < -0.3 is 25.6 Å². The van der Waals surface area contributed by atoms with E-state index in [1.165, 1.54) is 26.4 Å². The van der Waals surface area contributed by atoms with E-state index in [2.05, 4.69) is 14.8 Å². The van der Waals surface area contributed by atoms with E-state index in [-0.39, 0.29) is 16.8 Å². The Balaban J connectivity index is 0.000000325. The Morgan fingerprint density at radius 1 is 1.07 bits per heavy atom. The minimum absolute atomic E-state index is 0.105. The van der Waals surface area contributed by atoms with Crippen LogP contribution in [0.5, 0.6) is 0 Å². The Bertz CT molecular complexity index is 908. The fraction of sp³-hybridized carbons (Fsp3) is 0.190. The lowest BCUT2D eigenvalue weighted by atomic mass is 10.1. The molecule has 0 aromatic heterocycles. The first kappa shape index (κ1) is 24.5. The number of nitrogen functional groups attached to an aromatic ring is 1. The van der Waals surface area contributed by atoms with Crippen molar-refractivity contribution in [2.24, 2.45) is 0 Å². The third kappa shape index (κ3) is 7.14. The van der Waals surface area contributed by atoms with Crippen LogP contribution in [-0.4, -0.2) is 44.3 Å². The van der Waals surface area contributed by atoms with Gasteiger partial charge in [0, 0.05) is 24.3 Å². The van der Waals surface area contributed by atoms with Crippen LogP contribution in [0.15, 0.2) is 48.0 Å². The molecule has 0 fully saturated rings. The minimum Gasteiger partial charge on any atom is -0.478 e. The van der Waals surface area contributed by atoms with Crippen molar-refractivity contribution < 1.29 is 29.0 Å². The molecular weight excluding hydrogens is 412 g/mol. The van der Waals surface area contributed by atoms with Crippen molar-refractivity contribution in [1.82, 2.24) is 0 Å². The van der Waals surface area contributed by atoms with Gasteiger partial charge in [-0.15, -0.1) is 11.6 Å². The average molecular weight is 435 g/mol.